The summed E-state index contributed by atoms with van der Waals surface area (Å²) < 4.78 is 5.47. The van der Waals surface area contributed by atoms with E-state index in [1.54, 1.807) is 32.5 Å². The molecule has 0 atom stereocenters. The maximum Gasteiger partial charge on any atom is 0.251 e. The number of methoxy groups -OCH3 is 1. The first-order chi connectivity index (χ1) is 13.2. The molecule has 0 saturated carbocycles. The molecule has 2 N–H and O–H groups in total. The number of aromatic nitrogens is 3. The molecular weight excluding hydrogens is 340 g/mol. The van der Waals surface area contributed by atoms with Gasteiger partial charge in [-0.2, -0.15) is 5.10 Å². The highest BCUT2D eigenvalue weighted by Crippen LogP contribution is 2.34. The summed E-state index contributed by atoms with van der Waals surface area (Å²) in [6.45, 7) is 0. The average molecular weight is 358 g/mol. The van der Waals surface area contributed by atoms with E-state index in [4.69, 9.17) is 4.74 Å². The first-order valence-electron chi connectivity index (χ1n) is 8.51. The molecule has 0 bridgehead atoms. The molecule has 0 saturated heterocycles. The second-order valence-corrected chi connectivity index (χ2v) is 6.05. The van der Waals surface area contributed by atoms with Crippen LogP contribution >= 0.6 is 0 Å². The van der Waals surface area contributed by atoms with Gasteiger partial charge in [0.25, 0.3) is 5.91 Å². The highest BCUT2D eigenvalue weighted by Gasteiger charge is 2.14. The lowest BCUT2D eigenvalue weighted by Crippen LogP contribution is -2.17. The van der Waals surface area contributed by atoms with Crippen molar-refractivity contribution >= 4 is 16.9 Å². The van der Waals surface area contributed by atoms with E-state index < -0.39 is 0 Å². The monoisotopic (exact) mass is 358 g/mol. The van der Waals surface area contributed by atoms with Gasteiger partial charge in [0.05, 0.1) is 12.8 Å². The van der Waals surface area contributed by atoms with Gasteiger partial charge in [0, 0.05) is 35.3 Å². The minimum absolute atomic E-state index is 0.108. The maximum absolute atomic E-state index is 11.7. The van der Waals surface area contributed by atoms with E-state index in [1.807, 2.05) is 42.5 Å². The normalized spacial score (nSPS) is 10.7. The Morgan fingerprint density at radius 3 is 2.59 bits per heavy atom. The number of H-pyrrole nitrogens is 1. The fraction of sp³-hybridized carbons (Fsp3) is 0.0952. The molecule has 0 radical (unpaired) electrons. The van der Waals surface area contributed by atoms with Gasteiger partial charge in [-0.25, -0.2) is 4.98 Å². The number of carbonyl (C=O) groups is 1. The smallest absolute Gasteiger partial charge is 0.251 e. The van der Waals surface area contributed by atoms with E-state index in [1.165, 1.54) is 0 Å². The Hall–Kier alpha value is -3.67. The quantitative estimate of drug-likeness (QED) is 0.583. The summed E-state index contributed by atoms with van der Waals surface area (Å²) in [6, 6.07) is 17.3. The number of pyridine rings is 1. The zero-order chi connectivity index (χ0) is 18.8. The Morgan fingerprint density at radius 2 is 1.85 bits per heavy atom. The molecule has 2 aromatic heterocycles. The predicted molar refractivity (Wildman–Crippen MR) is 105 cm³/mol. The molecule has 0 aliphatic rings. The van der Waals surface area contributed by atoms with Crippen molar-refractivity contribution in [3.05, 3.63) is 66.4 Å². The molecule has 134 valence electrons. The van der Waals surface area contributed by atoms with Crippen molar-refractivity contribution in [2.45, 2.75) is 0 Å². The van der Waals surface area contributed by atoms with Crippen molar-refractivity contribution in [3.8, 4) is 28.1 Å². The van der Waals surface area contributed by atoms with Gasteiger partial charge in [-0.3, -0.25) is 9.89 Å². The maximum atomic E-state index is 11.7. The number of fused-ring (bicyclic) bond motifs is 1. The first-order valence-corrected chi connectivity index (χ1v) is 8.51. The summed E-state index contributed by atoms with van der Waals surface area (Å²) >= 11 is 0. The van der Waals surface area contributed by atoms with Crippen molar-refractivity contribution in [1.82, 2.24) is 20.5 Å². The van der Waals surface area contributed by atoms with Crippen LogP contribution < -0.4 is 10.1 Å². The highest BCUT2D eigenvalue weighted by molar-refractivity contribution is 5.96. The standard InChI is InChI=1S/C21H18N4O2/c1-22-21(26)14-9-7-13(8-10-14)15-11-17-19(24-25-20(17)23-12-15)16-5-3-4-6-18(16)27-2/h3-12H,1-2H3,(H,22,26)(H,23,24,25). The Bertz CT molecular complexity index is 1120. The van der Waals surface area contributed by atoms with Gasteiger partial charge < -0.3 is 10.1 Å². The van der Waals surface area contributed by atoms with Crippen LogP contribution in [0.15, 0.2) is 60.8 Å². The Labute approximate surface area is 156 Å². The van der Waals surface area contributed by atoms with Crippen LogP contribution in [0.25, 0.3) is 33.4 Å². The number of hydrogen-bond donors (Lipinski definition) is 2. The summed E-state index contributed by atoms with van der Waals surface area (Å²) in [5, 5.41) is 10.9. The van der Waals surface area contributed by atoms with Crippen LogP contribution in [0.3, 0.4) is 0 Å². The summed E-state index contributed by atoms with van der Waals surface area (Å²) in [5.41, 5.74) is 4.97. The van der Waals surface area contributed by atoms with Crippen molar-refractivity contribution in [3.63, 3.8) is 0 Å². The lowest BCUT2D eigenvalue weighted by molar-refractivity contribution is 0.0963. The summed E-state index contributed by atoms with van der Waals surface area (Å²) in [4.78, 5) is 16.2. The SMILES string of the molecule is CNC(=O)c1ccc(-c2cnc3n[nH]c(-c4ccccc4OC)c3c2)cc1. The number of para-hydroxylation sites is 1. The molecule has 6 nitrogen and oxygen atoms in total. The van der Waals surface area contributed by atoms with Crippen LogP contribution in [0.5, 0.6) is 5.75 Å². The molecule has 4 aromatic rings. The van der Waals surface area contributed by atoms with E-state index in [2.05, 4.69) is 20.5 Å². The first kappa shape index (κ1) is 16.8. The molecule has 0 spiro atoms. The fourth-order valence-corrected chi connectivity index (χ4v) is 3.07. The number of hydrogen-bond acceptors (Lipinski definition) is 4. The number of carbonyl (C=O) groups excluding carboxylic acids is 1. The van der Waals surface area contributed by atoms with Crippen LogP contribution in [-0.4, -0.2) is 35.2 Å². The second kappa shape index (κ2) is 6.92. The van der Waals surface area contributed by atoms with Crippen LogP contribution in [0.4, 0.5) is 0 Å². The second-order valence-electron chi connectivity index (χ2n) is 6.05. The average Bonchev–Trinajstić information content (AvgIpc) is 3.16. The fourth-order valence-electron chi connectivity index (χ4n) is 3.07. The lowest BCUT2D eigenvalue weighted by atomic mass is 10.0. The molecule has 4 rings (SSSR count). The van der Waals surface area contributed by atoms with E-state index in [0.717, 1.165) is 33.5 Å². The van der Waals surface area contributed by atoms with Gasteiger partial charge in [0.2, 0.25) is 0 Å². The van der Waals surface area contributed by atoms with Crippen LogP contribution in [0.2, 0.25) is 0 Å². The van der Waals surface area contributed by atoms with Crippen LogP contribution in [0, 0.1) is 0 Å². The van der Waals surface area contributed by atoms with Gasteiger partial charge >= 0.3 is 0 Å². The van der Waals surface area contributed by atoms with E-state index in [9.17, 15) is 4.79 Å². The third kappa shape index (κ3) is 3.01. The zero-order valence-electron chi connectivity index (χ0n) is 15.0. The zero-order valence-corrected chi connectivity index (χ0v) is 15.0. The molecule has 0 unspecified atom stereocenters. The van der Waals surface area contributed by atoms with Gasteiger partial charge in [-0.1, -0.05) is 24.3 Å². The van der Waals surface area contributed by atoms with Gasteiger partial charge in [-0.15, -0.1) is 0 Å². The van der Waals surface area contributed by atoms with Gasteiger partial charge in [-0.05, 0) is 35.9 Å². The topological polar surface area (TPSA) is 79.9 Å². The van der Waals surface area contributed by atoms with Crippen molar-refractivity contribution in [2.24, 2.45) is 0 Å². The molecule has 0 aliphatic heterocycles. The van der Waals surface area contributed by atoms with Crippen molar-refractivity contribution < 1.29 is 9.53 Å². The summed E-state index contributed by atoms with van der Waals surface area (Å²) in [6.07, 6.45) is 1.78. The molecular formula is C21H18N4O2. The Balaban J connectivity index is 1.79. The highest BCUT2D eigenvalue weighted by atomic mass is 16.5. The molecule has 27 heavy (non-hydrogen) atoms. The van der Waals surface area contributed by atoms with Crippen molar-refractivity contribution in [1.29, 1.82) is 0 Å². The number of aromatic amines is 1. The third-order valence-corrected chi connectivity index (χ3v) is 4.49. The number of amides is 1. The van der Waals surface area contributed by atoms with Crippen molar-refractivity contribution in [2.75, 3.05) is 14.2 Å². The van der Waals surface area contributed by atoms with Gasteiger partial charge in [0.1, 0.15) is 5.75 Å². The number of rotatable bonds is 4. The summed E-state index contributed by atoms with van der Waals surface area (Å²) in [7, 11) is 3.27. The van der Waals surface area contributed by atoms with Gasteiger partial charge in [0.15, 0.2) is 5.65 Å². The summed E-state index contributed by atoms with van der Waals surface area (Å²) in [5.74, 6) is 0.659. The van der Waals surface area contributed by atoms with Crippen LogP contribution in [0.1, 0.15) is 10.4 Å². The molecule has 0 aliphatic carbocycles. The van der Waals surface area contributed by atoms with E-state index in [0.29, 0.717) is 11.2 Å². The molecule has 0 fully saturated rings. The van der Waals surface area contributed by atoms with Crippen LogP contribution in [-0.2, 0) is 0 Å². The molecule has 1 amide bonds. The minimum atomic E-state index is -0.108. The number of ether oxygens (including phenoxy) is 1. The lowest BCUT2D eigenvalue weighted by Gasteiger charge is -2.07. The number of benzene rings is 2. The van der Waals surface area contributed by atoms with E-state index in [-0.39, 0.29) is 5.91 Å². The molecule has 6 heteroatoms. The third-order valence-electron chi connectivity index (χ3n) is 4.49. The number of nitrogens with one attached hydrogen (secondary N) is 2. The number of nitrogens with zero attached hydrogens (tertiary/aromatic N) is 2. The molecule has 2 heterocycles. The predicted octanol–water partition coefficient (Wildman–Crippen LogP) is 3.66. The van der Waals surface area contributed by atoms with E-state index >= 15 is 0 Å². The Morgan fingerprint density at radius 1 is 1.07 bits per heavy atom. The molecule has 2 aromatic carbocycles. The largest absolute Gasteiger partial charge is 0.496 e. The minimum Gasteiger partial charge on any atom is -0.496 e. The Kier molecular flexibility index (Phi) is 4.30.